The first-order valence-electron chi connectivity index (χ1n) is 5.59. The van der Waals surface area contributed by atoms with E-state index in [1.807, 2.05) is 13.8 Å². The normalized spacial score (nSPS) is 9.79. The van der Waals surface area contributed by atoms with Crippen LogP contribution < -0.4 is 11.1 Å². The van der Waals surface area contributed by atoms with Crippen molar-refractivity contribution in [3.63, 3.8) is 0 Å². The third-order valence-corrected chi connectivity index (χ3v) is 3.40. The van der Waals surface area contributed by atoms with Gasteiger partial charge in [0.15, 0.2) is 5.13 Å². The number of aryl methyl sites for hydroxylation is 2. The van der Waals surface area contributed by atoms with Crippen LogP contribution in [0.3, 0.4) is 0 Å². The smallest absolute Gasteiger partial charge is 0.276 e. The molecular formula is C12H15ClN4OS. The molecule has 0 atom stereocenters. The van der Waals surface area contributed by atoms with E-state index in [0.717, 1.165) is 17.0 Å². The van der Waals surface area contributed by atoms with Gasteiger partial charge in [0.05, 0.1) is 17.6 Å². The quantitative estimate of drug-likeness (QED) is 0.913. The second-order valence-corrected chi connectivity index (χ2v) is 5.01. The molecule has 0 aliphatic rings. The van der Waals surface area contributed by atoms with Crippen molar-refractivity contribution in [2.24, 2.45) is 0 Å². The van der Waals surface area contributed by atoms with Crippen molar-refractivity contribution < 1.29 is 4.79 Å². The Morgan fingerprint density at radius 2 is 2.21 bits per heavy atom. The number of hydrogen-bond acceptors (Lipinski definition) is 5. The van der Waals surface area contributed by atoms with Crippen molar-refractivity contribution in [1.29, 1.82) is 0 Å². The highest BCUT2D eigenvalue weighted by Crippen LogP contribution is 2.22. The Balaban J connectivity index is 0.00000180. The van der Waals surface area contributed by atoms with Gasteiger partial charge in [0.2, 0.25) is 0 Å². The summed E-state index contributed by atoms with van der Waals surface area (Å²) in [6.45, 7) is 4.03. The summed E-state index contributed by atoms with van der Waals surface area (Å²) in [6.07, 6.45) is 2.32. The molecule has 5 nitrogen and oxygen atoms in total. The van der Waals surface area contributed by atoms with E-state index in [1.54, 1.807) is 12.1 Å². The van der Waals surface area contributed by atoms with Crippen molar-refractivity contribution in [3.8, 4) is 0 Å². The number of anilines is 2. The first kappa shape index (κ1) is 15.4. The van der Waals surface area contributed by atoms with Crippen molar-refractivity contribution >= 4 is 40.5 Å². The third-order valence-electron chi connectivity index (χ3n) is 2.47. The van der Waals surface area contributed by atoms with Crippen LogP contribution in [-0.2, 0) is 6.42 Å². The molecule has 7 heteroatoms. The van der Waals surface area contributed by atoms with Gasteiger partial charge in [0, 0.05) is 4.88 Å². The van der Waals surface area contributed by atoms with Crippen LogP contribution in [0.2, 0.25) is 0 Å². The fourth-order valence-corrected chi connectivity index (χ4v) is 2.41. The lowest BCUT2D eigenvalue weighted by Crippen LogP contribution is -2.13. The van der Waals surface area contributed by atoms with Gasteiger partial charge >= 0.3 is 0 Å². The van der Waals surface area contributed by atoms with Gasteiger partial charge in [-0.25, -0.2) is 9.97 Å². The summed E-state index contributed by atoms with van der Waals surface area (Å²) in [4.78, 5) is 21.3. The number of pyridine rings is 1. The van der Waals surface area contributed by atoms with Gasteiger partial charge in [0.1, 0.15) is 5.69 Å². The predicted octanol–water partition coefficient (Wildman–Crippen LogP) is 2.67. The number of thiazole rings is 1. The summed E-state index contributed by atoms with van der Waals surface area (Å²) in [6, 6.07) is 3.23. The molecule has 0 aliphatic heterocycles. The Labute approximate surface area is 121 Å². The molecule has 2 aromatic rings. The van der Waals surface area contributed by atoms with Gasteiger partial charge in [-0.2, -0.15) is 0 Å². The van der Waals surface area contributed by atoms with Crippen LogP contribution in [0.4, 0.5) is 10.8 Å². The highest BCUT2D eigenvalue weighted by molar-refractivity contribution is 7.15. The van der Waals surface area contributed by atoms with Gasteiger partial charge in [-0.1, -0.05) is 6.92 Å². The topological polar surface area (TPSA) is 80.9 Å². The summed E-state index contributed by atoms with van der Waals surface area (Å²) in [7, 11) is 0. The van der Waals surface area contributed by atoms with E-state index >= 15 is 0 Å². The number of carbonyl (C=O) groups excluding carboxylic acids is 1. The van der Waals surface area contributed by atoms with E-state index < -0.39 is 0 Å². The number of halogens is 1. The van der Waals surface area contributed by atoms with E-state index in [9.17, 15) is 4.79 Å². The van der Waals surface area contributed by atoms with E-state index in [1.165, 1.54) is 17.5 Å². The van der Waals surface area contributed by atoms with Crippen LogP contribution in [0.1, 0.15) is 28.0 Å². The Bertz CT molecular complexity index is 568. The second kappa shape index (κ2) is 6.49. The Morgan fingerprint density at radius 3 is 2.74 bits per heavy atom. The Morgan fingerprint density at radius 1 is 1.47 bits per heavy atom. The maximum atomic E-state index is 11.9. The van der Waals surface area contributed by atoms with E-state index in [-0.39, 0.29) is 18.3 Å². The molecule has 2 rings (SSSR count). The number of amides is 1. The van der Waals surface area contributed by atoms with E-state index in [2.05, 4.69) is 15.3 Å². The predicted molar refractivity (Wildman–Crippen MR) is 80.1 cm³/mol. The molecule has 0 saturated heterocycles. The van der Waals surface area contributed by atoms with Crippen LogP contribution in [0.5, 0.6) is 0 Å². The molecule has 102 valence electrons. The molecule has 0 saturated carbocycles. The average Bonchev–Trinajstić information content (AvgIpc) is 2.70. The lowest BCUT2D eigenvalue weighted by atomic mass is 10.3. The molecule has 2 heterocycles. The standard InChI is InChI=1S/C12H14N4OS.ClH/c1-3-9-7(2)18-12(15-9)16-11(17)10-5-4-8(13)6-14-10;/h4-6H,3,13H2,1-2H3,(H,15,16,17);1H. The number of carbonyl (C=O) groups is 1. The van der Waals surface area contributed by atoms with Gasteiger partial charge in [-0.05, 0) is 25.5 Å². The van der Waals surface area contributed by atoms with Crippen molar-refractivity contribution in [2.45, 2.75) is 20.3 Å². The molecule has 0 spiro atoms. The summed E-state index contributed by atoms with van der Waals surface area (Å²) < 4.78 is 0. The van der Waals surface area contributed by atoms with Gasteiger partial charge < -0.3 is 5.73 Å². The molecule has 0 unspecified atom stereocenters. The molecule has 1 amide bonds. The number of nitrogens with two attached hydrogens (primary N) is 1. The maximum absolute atomic E-state index is 11.9. The number of hydrogen-bond donors (Lipinski definition) is 2. The minimum atomic E-state index is -0.272. The van der Waals surface area contributed by atoms with Crippen LogP contribution in [0.25, 0.3) is 0 Å². The molecule has 0 fully saturated rings. The van der Waals surface area contributed by atoms with Crippen molar-refractivity contribution in [2.75, 3.05) is 11.1 Å². The third kappa shape index (κ3) is 3.65. The van der Waals surface area contributed by atoms with Crippen LogP contribution in [-0.4, -0.2) is 15.9 Å². The Hall–Kier alpha value is -1.66. The lowest BCUT2D eigenvalue weighted by molar-refractivity contribution is 0.102. The minimum absolute atomic E-state index is 0. The molecule has 0 radical (unpaired) electrons. The monoisotopic (exact) mass is 298 g/mol. The lowest BCUT2D eigenvalue weighted by Gasteiger charge is -2.00. The number of aromatic nitrogens is 2. The zero-order valence-electron chi connectivity index (χ0n) is 10.6. The summed E-state index contributed by atoms with van der Waals surface area (Å²) in [5, 5.41) is 3.34. The number of nitrogens with zero attached hydrogens (tertiary/aromatic N) is 2. The molecule has 0 aliphatic carbocycles. The molecule has 2 aromatic heterocycles. The first-order chi connectivity index (χ1) is 8.60. The Kier molecular flexibility index (Phi) is 5.26. The summed E-state index contributed by atoms with van der Waals surface area (Å²) in [5.41, 5.74) is 7.39. The van der Waals surface area contributed by atoms with Crippen LogP contribution >= 0.6 is 23.7 Å². The second-order valence-electron chi connectivity index (χ2n) is 3.81. The van der Waals surface area contributed by atoms with Gasteiger partial charge in [-0.3, -0.25) is 10.1 Å². The molecule has 0 bridgehead atoms. The first-order valence-corrected chi connectivity index (χ1v) is 6.41. The molecule has 19 heavy (non-hydrogen) atoms. The number of rotatable bonds is 3. The fraction of sp³-hybridized carbons (Fsp3) is 0.250. The number of nitrogen functional groups attached to an aromatic ring is 1. The van der Waals surface area contributed by atoms with Crippen molar-refractivity contribution in [3.05, 3.63) is 34.6 Å². The summed E-state index contributed by atoms with van der Waals surface area (Å²) in [5.74, 6) is -0.272. The minimum Gasteiger partial charge on any atom is -0.397 e. The average molecular weight is 299 g/mol. The summed E-state index contributed by atoms with van der Waals surface area (Å²) >= 11 is 1.47. The SMILES string of the molecule is CCc1nc(NC(=O)c2ccc(N)cn2)sc1C.Cl. The highest BCUT2D eigenvalue weighted by atomic mass is 35.5. The molecule has 0 aromatic carbocycles. The molecular weight excluding hydrogens is 284 g/mol. The van der Waals surface area contributed by atoms with Gasteiger partial charge in [-0.15, -0.1) is 23.7 Å². The van der Waals surface area contributed by atoms with E-state index in [4.69, 9.17) is 5.73 Å². The van der Waals surface area contributed by atoms with Crippen molar-refractivity contribution in [1.82, 2.24) is 9.97 Å². The number of nitrogens with one attached hydrogen (secondary N) is 1. The molecule has 3 N–H and O–H groups in total. The highest BCUT2D eigenvalue weighted by Gasteiger charge is 2.11. The van der Waals surface area contributed by atoms with Crippen LogP contribution in [0, 0.1) is 6.92 Å². The van der Waals surface area contributed by atoms with Gasteiger partial charge in [0.25, 0.3) is 5.91 Å². The van der Waals surface area contributed by atoms with E-state index in [0.29, 0.717) is 16.5 Å². The largest absolute Gasteiger partial charge is 0.397 e. The zero-order valence-corrected chi connectivity index (χ0v) is 12.3. The fourth-order valence-electron chi connectivity index (χ4n) is 1.51. The zero-order chi connectivity index (χ0) is 13.1. The maximum Gasteiger partial charge on any atom is 0.276 e. The van der Waals surface area contributed by atoms with Crippen LogP contribution in [0.15, 0.2) is 18.3 Å².